The van der Waals surface area contributed by atoms with Crippen LogP contribution < -0.4 is 0 Å². The lowest BCUT2D eigenvalue weighted by Crippen LogP contribution is -2.52. The summed E-state index contributed by atoms with van der Waals surface area (Å²) in [5.74, 6) is 4.03. The van der Waals surface area contributed by atoms with Crippen LogP contribution >= 0.6 is 0 Å². The summed E-state index contributed by atoms with van der Waals surface area (Å²) in [6, 6.07) is 0. The summed E-state index contributed by atoms with van der Waals surface area (Å²) in [5.41, 5.74) is 2.42. The zero-order valence-electron chi connectivity index (χ0n) is 29.1. The predicted octanol–water partition coefficient (Wildman–Crippen LogP) is 10.7. The van der Waals surface area contributed by atoms with E-state index in [0.29, 0.717) is 29.5 Å². The molecule has 0 aromatic heterocycles. The monoisotopic (exact) mass is 586 g/mol. The molecule has 0 aromatic carbocycles. The summed E-state index contributed by atoms with van der Waals surface area (Å²) in [6.45, 7) is 28.9. The lowest BCUT2D eigenvalue weighted by molar-refractivity contribution is -0.187. The highest BCUT2D eigenvalue weighted by Gasteiger charge is 2.59. The fourth-order valence-corrected chi connectivity index (χ4v) is 11.1. The van der Waals surface area contributed by atoms with E-state index in [1.807, 2.05) is 13.8 Å². The number of hydrogen-bond donors (Lipinski definition) is 0. The molecular formula is C37H66O3Si. The molecular weight excluding hydrogens is 520 g/mol. The first-order valence-electron chi connectivity index (χ1n) is 17.3. The largest absolute Gasteiger partial charge is 0.414 e. The van der Waals surface area contributed by atoms with Gasteiger partial charge in [0, 0.05) is 12.7 Å². The zero-order valence-corrected chi connectivity index (χ0v) is 30.1. The Morgan fingerprint density at radius 2 is 1.71 bits per heavy atom. The molecule has 4 rings (SSSR count). The Morgan fingerprint density at radius 3 is 2.37 bits per heavy atom. The van der Waals surface area contributed by atoms with Crippen molar-refractivity contribution in [3.63, 3.8) is 0 Å². The molecule has 236 valence electrons. The number of rotatable bonds is 10. The molecule has 0 saturated heterocycles. The number of hydrogen-bond acceptors (Lipinski definition) is 3. The molecule has 2 unspecified atom stereocenters. The Morgan fingerprint density at radius 1 is 1.00 bits per heavy atom. The molecule has 4 aliphatic rings. The van der Waals surface area contributed by atoms with Gasteiger partial charge in [-0.15, -0.1) is 0 Å². The second kappa shape index (κ2) is 12.2. The van der Waals surface area contributed by atoms with E-state index in [2.05, 4.69) is 86.7 Å². The van der Waals surface area contributed by atoms with Gasteiger partial charge in [0.15, 0.2) is 14.6 Å². The summed E-state index contributed by atoms with van der Waals surface area (Å²) in [4.78, 5) is 0. The van der Waals surface area contributed by atoms with Gasteiger partial charge in [0.2, 0.25) is 0 Å². The lowest BCUT2D eigenvalue weighted by atomic mass is 9.47. The fraction of sp³-hybridized carbons (Fsp3) is 0.892. The molecule has 0 aromatic rings. The molecule has 0 amide bonds. The Bertz CT molecular complexity index is 960. The summed E-state index contributed by atoms with van der Waals surface area (Å²) < 4.78 is 18.7. The molecule has 0 bridgehead atoms. The van der Waals surface area contributed by atoms with Crippen molar-refractivity contribution >= 4 is 8.32 Å². The maximum Gasteiger partial charge on any atom is 0.192 e. The maximum atomic E-state index is 6.96. The lowest BCUT2D eigenvalue weighted by Gasteiger charge is -2.59. The van der Waals surface area contributed by atoms with Crippen LogP contribution in [0.3, 0.4) is 0 Å². The van der Waals surface area contributed by atoms with Gasteiger partial charge in [-0.1, -0.05) is 65.3 Å². The third-order valence-corrected chi connectivity index (χ3v) is 17.5. The molecule has 3 saturated carbocycles. The van der Waals surface area contributed by atoms with E-state index in [-0.39, 0.29) is 16.9 Å². The van der Waals surface area contributed by atoms with Crippen LogP contribution in [0, 0.1) is 40.4 Å². The molecule has 4 aliphatic carbocycles. The second-order valence-electron chi connectivity index (χ2n) is 17.1. The first-order valence-corrected chi connectivity index (χ1v) is 20.2. The van der Waals surface area contributed by atoms with Gasteiger partial charge < -0.3 is 13.9 Å². The van der Waals surface area contributed by atoms with Crippen LogP contribution in [0.1, 0.15) is 127 Å². The van der Waals surface area contributed by atoms with Crippen LogP contribution in [0.5, 0.6) is 0 Å². The van der Waals surface area contributed by atoms with Crippen LogP contribution in [-0.2, 0) is 13.9 Å². The third-order valence-electron chi connectivity index (χ3n) is 13.0. The van der Waals surface area contributed by atoms with Gasteiger partial charge in [0.05, 0.1) is 5.60 Å². The molecule has 41 heavy (non-hydrogen) atoms. The average molecular weight is 587 g/mol. The Balaban J connectivity index is 1.41. The van der Waals surface area contributed by atoms with Crippen LogP contribution in [0.2, 0.25) is 18.1 Å². The van der Waals surface area contributed by atoms with Gasteiger partial charge in [-0.05, 0) is 144 Å². The van der Waals surface area contributed by atoms with Crippen LogP contribution in [0.4, 0.5) is 0 Å². The smallest absolute Gasteiger partial charge is 0.192 e. The number of allylic oxidation sites excluding steroid dienone is 2. The summed E-state index contributed by atoms with van der Waals surface area (Å²) in [5, 5.41) is 0.283. The topological polar surface area (TPSA) is 27.7 Å². The molecule has 0 heterocycles. The first kappa shape index (κ1) is 33.5. The van der Waals surface area contributed by atoms with E-state index in [4.69, 9.17) is 13.9 Å². The standard InChI is InChI=1S/C37H66O3Si/c1-13-38-27(3)39-35(7,8)22-14-15-26(2)31-18-19-32-30-17-16-28-25-29(40-41(11,12)34(4,5)6)20-23-36(28,9)33(30)21-24-37(31,32)10/h14-16,26-27,29-33H,13,17-25H2,1-12H3/t26-,27?,29?,30-,31+,32-,33-,36-,37+/m0/s1. The molecule has 0 N–H and O–H groups in total. The minimum Gasteiger partial charge on any atom is -0.414 e. The Hall–Kier alpha value is -0.423. The van der Waals surface area contributed by atoms with E-state index in [9.17, 15) is 0 Å². The van der Waals surface area contributed by atoms with Gasteiger partial charge in [-0.25, -0.2) is 0 Å². The van der Waals surface area contributed by atoms with E-state index < -0.39 is 8.32 Å². The minimum absolute atomic E-state index is 0.155. The van der Waals surface area contributed by atoms with Gasteiger partial charge >= 0.3 is 0 Å². The third kappa shape index (κ3) is 6.81. The summed E-state index contributed by atoms with van der Waals surface area (Å²) >= 11 is 0. The van der Waals surface area contributed by atoms with E-state index in [1.165, 1.54) is 51.4 Å². The van der Waals surface area contributed by atoms with Crippen molar-refractivity contribution in [2.75, 3.05) is 6.61 Å². The van der Waals surface area contributed by atoms with Crippen molar-refractivity contribution < 1.29 is 13.9 Å². The Labute approximate surface area is 255 Å². The predicted molar refractivity (Wildman–Crippen MR) is 176 cm³/mol. The van der Waals surface area contributed by atoms with Crippen molar-refractivity contribution in [3.8, 4) is 0 Å². The number of ether oxygens (including phenoxy) is 2. The molecule has 9 atom stereocenters. The molecule has 3 nitrogen and oxygen atoms in total. The van der Waals surface area contributed by atoms with Gasteiger partial charge in [0.1, 0.15) is 0 Å². The van der Waals surface area contributed by atoms with E-state index in [0.717, 1.165) is 30.1 Å². The van der Waals surface area contributed by atoms with Crippen molar-refractivity contribution in [1.82, 2.24) is 0 Å². The quantitative estimate of drug-likeness (QED) is 0.145. The average Bonchev–Trinajstić information content (AvgIpc) is 3.20. The Kier molecular flexibility index (Phi) is 9.93. The highest BCUT2D eigenvalue weighted by Crippen LogP contribution is 2.67. The number of fused-ring (bicyclic) bond motifs is 5. The van der Waals surface area contributed by atoms with Gasteiger partial charge in [-0.3, -0.25) is 0 Å². The molecule has 0 radical (unpaired) electrons. The van der Waals surface area contributed by atoms with E-state index in [1.54, 1.807) is 5.57 Å². The van der Waals surface area contributed by atoms with Crippen molar-refractivity contribution in [2.45, 2.75) is 163 Å². The maximum absolute atomic E-state index is 6.96. The fourth-order valence-electron chi connectivity index (χ4n) is 9.69. The van der Waals surface area contributed by atoms with Gasteiger partial charge in [-0.2, -0.15) is 0 Å². The van der Waals surface area contributed by atoms with Crippen LogP contribution in [0.25, 0.3) is 0 Å². The van der Waals surface area contributed by atoms with Crippen molar-refractivity contribution in [1.29, 1.82) is 0 Å². The summed E-state index contributed by atoms with van der Waals surface area (Å²) in [6.07, 6.45) is 19.6. The normalized spacial score (nSPS) is 37.8. The van der Waals surface area contributed by atoms with Crippen LogP contribution in [-0.4, -0.2) is 32.9 Å². The highest BCUT2D eigenvalue weighted by molar-refractivity contribution is 6.74. The zero-order chi connectivity index (χ0) is 30.4. The molecule has 4 heteroatoms. The molecule has 3 fully saturated rings. The van der Waals surface area contributed by atoms with Crippen molar-refractivity contribution in [2.24, 2.45) is 40.4 Å². The minimum atomic E-state index is -1.73. The molecule has 0 spiro atoms. The second-order valence-corrected chi connectivity index (χ2v) is 21.9. The molecule has 0 aliphatic heterocycles. The van der Waals surface area contributed by atoms with Crippen molar-refractivity contribution in [3.05, 3.63) is 23.8 Å². The van der Waals surface area contributed by atoms with Crippen LogP contribution in [0.15, 0.2) is 23.8 Å². The first-order chi connectivity index (χ1) is 18.9. The van der Waals surface area contributed by atoms with Gasteiger partial charge in [0.25, 0.3) is 0 Å². The highest BCUT2D eigenvalue weighted by atomic mass is 28.4. The SMILES string of the molecule is CCOC(C)OC(C)(C)CC=C[C@H](C)[C@H]1CC[C@H]2[C@@H]3CC=C4CC(O[Si](C)(C)C(C)(C)C)CC[C@]4(C)[C@H]3CC[C@]12C. The summed E-state index contributed by atoms with van der Waals surface area (Å²) in [7, 11) is -1.73. The van der Waals surface area contributed by atoms with E-state index >= 15 is 0 Å².